The highest BCUT2D eigenvalue weighted by Crippen LogP contribution is 2.38. The third-order valence-electron chi connectivity index (χ3n) is 4.90. The minimum absolute atomic E-state index is 0.155. The van der Waals surface area contributed by atoms with Crippen molar-refractivity contribution in [2.45, 2.75) is 44.9 Å². The number of methoxy groups -OCH3 is 1. The van der Waals surface area contributed by atoms with Gasteiger partial charge in [0.25, 0.3) is 0 Å². The maximum absolute atomic E-state index is 6.04. The fourth-order valence-electron chi connectivity index (χ4n) is 3.44. The van der Waals surface area contributed by atoms with Crippen molar-refractivity contribution in [1.29, 1.82) is 0 Å². The average molecular weight is 315 g/mol. The molecule has 1 heterocycles. The van der Waals surface area contributed by atoms with E-state index >= 15 is 0 Å². The largest absolute Gasteiger partial charge is 0.497 e. The van der Waals surface area contributed by atoms with Gasteiger partial charge in [-0.05, 0) is 42.5 Å². The van der Waals surface area contributed by atoms with Gasteiger partial charge in [-0.3, -0.25) is 0 Å². The molecule has 0 saturated heterocycles. The van der Waals surface area contributed by atoms with Gasteiger partial charge in [-0.25, -0.2) is 0 Å². The van der Waals surface area contributed by atoms with Crippen LogP contribution in [0.3, 0.4) is 0 Å². The number of hydrogen-bond donors (Lipinski definition) is 1. The molecule has 0 atom stereocenters. The first-order valence-corrected chi connectivity index (χ1v) is 8.37. The van der Waals surface area contributed by atoms with Gasteiger partial charge in [0.15, 0.2) is 5.82 Å². The zero-order valence-electron chi connectivity index (χ0n) is 13.8. The predicted octanol–water partition coefficient (Wildman–Crippen LogP) is 3.12. The normalized spacial score (nSPS) is 17.1. The van der Waals surface area contributed by atoms with Gasteiger partial charge in [-0.15, -0.1) is 0 Å². The fourth-order valence-corrected chi connectivity index (χ4v) is 3.44. The van der Waals surface area contributed by atoms with Crippen LogP contribution in [0.1, 0.15) is 49.4 Å². The van der Waals surface area contributed by atoms with Crippen LogP contribution < -0.4 is 10.5 Å². The SMILES string of the molecule is COc1ccc(Cc2noc(CC3(CN)CCCCC3)n2)cc1. The van der Waals surface area contributed by atoms with Crippen LogP contribution in [-0.2, 0) is 12.8 Å². The van der Waals surface area contributed by atoms with Crippen molar-refractivity contribution in [2.75, 3.05) is 13.7 Å². The average Bonchev–Trinajstić information content (AvgIpc) is 3.03. The molecule has 0 aliphatic heterocycles. The summed E-state index contributed by atoms with van der Waals surface area (Å²) in [4.78, 5) is 4.57. The topological polar surface area (TPSA) is 74.2 Å². The highest BCUT2D eigenvalue weighted by atomic mass is 16.5. The molecular weight excluding hydrogens is 290 g/mol. The summed E-state index contributed by atoms with van der Waals surface area (Å²) in [5.41, 5.74) is 7.34. The van der Waals surface area contributed by atoms with E-state index in [9.17, 15) is 0 Å². The van der Waals surface area contributed by atoms with E-state index in [0.717, 1.165) is 29.4 Å². The summed E-state index contributed by atoms with van der Waals surface area (Å²) < 4.78 is 10.6. The molecule has 1 aliphatic carbocycles. The molecule has 0 spiro atoms. The Balaban J connectivity index is 1.65. The van der Waals surface area contributed by atoms with Crippen LogP contribution in [0.4, 0.5) is 0 Å². The van der Waals surface area contributed by atoms with Crippen LogP contribution in [0.5, 0.6) is 5.75 Å². The monoisotopic (exact) mass is 315 g/mol. The Morgan fingerprint density at radius 2 is 1.91 bits per heavy atom. The molecule has 1 saturated carbocycles. The second-order valence-electron chi connectivity index (χ2n) is 6.57. The van der Waals surface area contributed by atoms with Crippen LogP contribution in [0, 0.1) is 5.41 Å². The summed E-state index contributed by atoms with van der Waals surface area (Å²) in [6.07, 6.45) is 7.63. The molecule has 2 aromatic rings. The number of nitrogens with zero attached hydrogens (tertiary/aromatic N) is 2. The van der Waals surface area contributed by atoms with Crippen molar-refractivity contribution in [1.82, 2.24) is 10.1 Å². The van der Waals surface area contributed by atoms with Crippen molar-refractivity contribution in [3.8, 4) is 5.75 Å². The number of nitrogens with two attached hydrogens (primary N) is 1. The quantitative estimate of drug-likeness (QED) is 0.886. The molecule has 1 fully saturated rings. The molecule has 5 heteroatoms. The number of rotatable bonds is 6. The van der Waals surface area contributed by atoms with Gasteiger partial charge in [-0.2, -0.15) is 4.98 Å². The lowest BCUT2D eigenvalue weighted by Crippen LogP contribution is -2.35. The Morgan fingerprint density at radius 1 is 1.17 bits per heavy atom. The maximum atomic E-state index is 6.04. The molecule has 0 unspecified atom stereocenters. The van der Waals surface area contributed by atoms with Crippen molar-refractivity contribution in [3.63, 3.8) is 0 Å². The lowest BCUT2D eigenvalue weighted by molar-refractivity contribution is 0.177. The maximum Gasteiger partial charge on any atom is 0.227 e. The second kappa shape index (κ2) is 7.13. The van der Waals surface area contributed by atoms with Crippen molar-refractivity contribution in [2.24, 2.45) is 11.1 Å². The molecule has 3 rings (SSSR count). The molecule has 1 aromatic carbocycles. The highest BCUT2D eigenvalue weighted by molar-refractivity contribution is 5.28. The van der Waals surface area contributed by atoms with Gasteiger partial charge >= 0.3 is 0 Å². The van der Waals surface area contributed by atoms with Crippen LogP contribution in [-0.4, -0.2) is 23.8 Å². The highest BCUT2D eigenvalue weighted by Gasteiger charge is 2.32. The minimum atomic E-state index is 0.155. The van der Waals surface area contributed by atoms with Crippen LogP contribution >= 0.6 is 0 Å². The Morgan fingerprint density at radius 3 is 2.57 bits per heavy atom. The summed E-state index contributed by atoms with van der Waals surface area (Å²) in [7, 11) is 1.67. The lowest BCUT2D eigenvalue weighted by Gasteiger charge is -2.34. The van der Waals surface area contributed by atoms with E-state index in [1.165, 1.54) is 32.1 Å². The Labute approximate surface area is 137 Å². The zero-order chi connectivity index (χ0) is 16.1. The third-order valence-corrected chi connectivity index (χ3v) is 4.90. The van der Waals surface area contributed by atoms with Crippen LogP contribution in [0.2, 0.25) is 0 Å². The smallest absolute Gasteiger partial charge is 0.227 e. The Kier molecular flexibility index (Phi) is 4.96. The van der Waals surface area contributed by atoms with E-state index in [-0.39, 0.29) is 5.41 Å². The lowest BCUT2D eigenvalue weighted by atomic mass is 9.72. The van der Waals surface area contributed by atoms with Crippen molar-refractivity contribution in [3.05, 3.63) is 41.5 Å². The molecule has 0 bridgehead atoms. The minimum Gasteiger partial charge on any atom is -0.497 e. The van der Waals surface area contributed by atoms with Gasteiger partial charge in [0, 0.05) is 12.8 Å². The number of hydrogen-bond acceptors (Lipinski definition) is 5. The van der Waals surface area contributed by atoms with E-state index in [1.807, 2.05) is 24.3 Å². The summed E-state index contributed by atoms with van der Waals surface area (Å²) in [5, 5.41) is 4.13. The van der Waals surface area contributed by atoms with Crippen molar-refractivity contribution < 1.29 is 9.26 Å². The zero-order valence-corrected chi connectivity index (χ0v) is 13.8. The molecule has 124 valence electrons. The van der Waals surface area contributed by atoms with E-state index in [4.69, 9.17) is 15.0 Å². The van der Waals surface area contributed by atoms with Crippen molar-refractivity contribution >= 4 is 0 Å². The van der Waals surface area contributed by atoms with E-state index in [0.29, 0.717) is 13.0 Å². The van der Waals surface area contributed by atoms with Gasteiger partial charge in [-0.1, -0.05) is 36.6 Å². The second-order valence-corrected chi connectivity index (χ2v) is 6.57. The summed E-state index contributed by atoms with van der Waals surface area (Å²) in [5.74, 6) is 2.30. The number of aromatic nitrogens is 2. The van der Waals surface area contributed by atoms with E-state index in [2.05, 4.69) is 10.1 Å². The van der Waals surface area contributed by atoms with Crippen LogP contribution in [0.25, 0.3) is 0 Å². The first-order chi connectivity index (χ1) is 11.2. The molecule has 23 heavy (non-hydrogen) atoms. The molecule has 1 aromatic heterocycles. The summed E-state index contributed by atoms with van der Waals surface area (Å²) in [6, 6.07) is 7.94. The Hall–Kier alpha value is -1.88. The van der Waals surface area contributed by atoms with Gasteiger partial charge in [0.05, 0.1) is 7.11 Å². The van der Waals surface area contributed by atoms with Gasteiger partial charge in [0.1, 0.15) is 5.75 Å². The fraction of sp³-hybridized carbons (Fsp3) is 0.556. The van der Waals surface area contributed by atoms with Gasteiger partial charge < -0.3 is 15.0 Å². The summed E-state index contributed by atoms with van der Waals surface area (Å²) >= 11 is 0. The Bertz CT molecular complexity index is 615. The first-order valence-electron chi connectivity index (χ1n) is 8.37. The molecular formula is C18H25N3O2. The first kappa shape index (κ1) is 16.0. The predicted molar refractivity (Wildman–Crippen MR) is 88.4 cm³/mol. The standard InChI is InChI=1S/C18H25N3O2/c1-22-15-7-5-14(6-8-15)11-16-20-17(23-21-16)12-18(13-19)9-3-2-4-10-18/h5-8H,2-4,9-13,19H2,1H3. The third kappa shape index (κ3) is 3.91. The molecule has 5 nitrogen and oxygen atoms in total. The van der Waals surface area contributed by atoms with Gasteiger partial charge in [0.2, 0.25) is 5.89 Å². The van der Waals surface area contributed by atoms with E-state index in [1.54, 1.807) is 7.11 Å². The molecule has 1 aliphatic rings. The molecule has 0 radical (unpaired) electrons. The van der Waals surface area contributed by atoms with Crippen LogP contribution in [0.15, 0.2) is 28.8 Å². The molecule has 0 amide bonds. The summed E-state index contributed by atoms with van der Waals surface area (Å²) in [6.45, 7) is 0.698. The van der Waals surface area contributed by atoms with E-state index < -0.39 is 0 Å². The number of ether oxygens (including phenoxy) is 1. The molecule has 2 N–H and O–H groups in total. The number of benzene rings is 1.